The number of pyridine rings is 1. The summed E-state index contributed by atoms with van der Waals surface area (Å²) in [6.07, 6.45) is 7.38. The third-order valence-corrected chi connectivity index (χ3v) is 3.20. The normalized spacial score (nSPS) is 17.7. The van der Waals surface area contributed by atoms with Gasteiger partial charge < -0.3 is 11.1 Å². The van der Waals surface area contributed by atoms with Crippen molar-refractivity contribution in [3.05, 3.63) is 30.1 Å². The molecule has 0 atom stereocenters. The molecule has 0 amide bonds. The van der Waals surface area contributed by atoms with Crippen molar-refractivity contribution in [1.29, 1.82) is 0 Å². The van der Waals surface area contributed by atoms with Gasteiger partial charge in [-0.15, -0.1) is 0 Å². The number of aromatic nitrogens is 1. The lowest BCUT2D eigenvalue weighted by Gasteiger charge is -2.12. The number of hydrogen-bond donors (Lipinski definition) is 2. The lowest BCUT2D eigenvalue weighted by molar-refractivity contribution is 0.470. The van der Waals surface area contributed by atoms with E-state index in [1.165, 1.54) is 18.4 Å². The summed E-state index contributed by atoms with van der Waals surface area (Å²) >= 11 is 0. The van der Waals surface area contributed by atoms with Crippen molar-refractivity contribution in [3.63, 3.8) is 0 Å². The van der Waals surface area contributed by atoms with Gasteiger partial charge >= 0.3 is 0 Å². The quantitative estimate of drug-likeness (QED) is 0.680. The molecule has 2 rings (SSSR count). The van der Waals surface area contributed by atoms with Gasteiger partial charge in [-0.05, 0) is 49.4 Å². The van der Waals surface area contributed by atoms with E-state index in [-0.39, 0.29) is 0 Å². The number of rotatable bonds is 6. The van der Waals surface area contributed by atoms with E-state index in [1.807, 2.05) is 18.5 Å². The van der Waals surface area contributed by atoms with Crippen LogP contribution in [0.2, 0.25) is 0 Å². The van der Waals surface area contributed by atoms with E-state index in [2.05, 4.69) is 16.4 Å². The lowest BCUT2D eigenvalue weighted by atomic mass is 10.1. The summed E-state index contributed by atoms with van der Waals surface area (Å²) in [5, 5.41) is 3.48. The summed E-state index contributed by atoms with van der Waals surface area (Å²) in [7, 11) is 0. The molecule has 1 saturated carbocycles. The summed E-state index contributed by atoms with van der Waals surface area (Å²) in [5.74, 6) is 0. The van der Waals surface area contributed by atoms with Crippen molar-refractivity contribution in [2.24, 2.45) is 11.1 Å². The molecule has 0 aliphatic heterocycles. The third kappa shape index (κ3) is 3.01. The van der Waals surface area contributed by atoms with Gasteiger partial charge in [-0.2, -0.15) is 0 Å². The van der Waals surface area contributed by atoms with Crippen LogP contribution in [0.4, 0.5) is 0 Å². The van der Waals surface area contributed by atoms with Crippen LogP contribution in [0.15, 0.2) is 24.5 Å². The van der Waals surface area contributed by atoms with Crippen LogP contribution >= 0.6 is 0 Å². The first-order valence-corrected chi connectivity index (χ1v) is 5.64. The molecule has 1 aliphatic carbocycles. The second-order valence-corrected chi connectivity index (χ2v) is 4.49. The van der Waals surface area contributed by atoms with E-state index in [9.17, 15) is 0 Å². The van der Waals surface area contributed by atoms with Crippen LogP contribution in [-0.4, -0.2) is 24.6 Å². The smallest absolute Gasteiger partial charge is 0.0300 e. The molecular weight excluding hydrogens is 186 g/mol. The fourth-order valence-corrected chi connectivity index (χ4v) is 1.76. The predicted molar refractivity (Wildman–Crippen MR) is 61.5 cm³/mol. The van der Waals surface area contributed by atoms with Gasteiger partial charge in [-0.1, -0.05) is 6.07 Å². The SMILES string of the molecule is NCC1(CNCCc2cccnc2)CC1. The van der Waals surface area contributed by atoms with E-state index < -0.39 is 0 Å². The topological polar surface area (TPSA) is 50.9 Å². The largest absolute Gasteiger partial charge is 0.330 e. The van der Waals surface area contributed by atoms with Gasteiger partial charge in [0.15, 0.2) is 0 Å². The maximum atomic E-state index is 5.71. The average molecular weight is 205 g/mol. The van der Waals surface area contributed by atoms with Crippen molar-refractivity contribution in [3.8, 4) is 0 Å². The summed E-state index contributed by atoms with van der Waals surface area (Å²) in [5.41, 5.74) is 7.45. The molecule has 0 unspecified atom stereocenters. The Morgan fingerprint density at radius 2 is 2.33 bits per heavy atom. The summed E-state index contributed by atoms with van der Waals surface area (Å²) in [6, 6.07) is 4.10. The lowest BCUT2D eigenvalue weighted by Crippen LogP contribution is -2.30. The van der Waals surface area contributed by atoms with Gasteiger partial charge in [0.2, 0.25) is 0 Å². The molecule has 3 heteroatoms. The first-order chi connectivity index (χ1) is 7.35. The fourth-order valence-electron chi connectivity index (χ4n) is 1.76. The first-order valence-electron chi connectivity index (χ1n) is 5.64. The molecule has 0 saturated heterocycles. The molecule has 1 aromatic heterocycles. The van der Waals surface area contributed by atoms with Crippen LogP contribution < -0.4 is 11.1 Å². The Hall–Kier alpha value is -0.930. The molecule has 3 nitrogen and oxygen atoms in total. The van der Waals surface area contributed by atoms with Crippen molar-refractivity contribution < 1.29 is 0 Å². The minimum Gasteiger partial charge on any atom is -0.330 e. The van der Waals surface area contributed by atoms with Gasteiger partial charge in [0.05, 0.1) is 0 Å². The Labute approximate surface area is 91.1 Å². The van der Waals surface area contributed by atoms with Crippen LogP contribution in [0.1, 0.15) is 18.4 Å². The molecule has 0 aromatic carbocycles. The minimum absolute atomic E-state index is 0.439. The molecule has 0 radical (unpaired) electrons. The highest BCUT2D eigenvalue weighted by Gasteiger charge is 2.40. The molecule has 0 spiro atoms. The fraction of sp³-hybridized carbons (Fsp3) is 0.583. The van der Waals surface area contributed by atoms with E-state index in [1.54, 1.807) is 0 Å². The van der Waals surface area contributed by atoms with Gasteiger partial charge in [0.1, 0.15) is 0 Å². The summed E-state index contributed by atoms with van der Waals surface area (Å²) < 4.78 is 0. The minimum atomic E-state index is 0.439. The molecule has 1 aromatic rings. The Morgan fingerprint density at radius 1 is 1.47 bits per heavy atom. The van der Waals surface area contributed by atoms with Crippen molar-refractivity contribution in [2.75, 3.05) is 19.6 Å². The Bertz CT molecular complexity index is 293. The highest BCUT2D eigenvalue weighted by atomic mass is 14.9. The number of nitrogens with one attached hydrogen (secondary N) is 1. The van der Waals surface area contributed by atoms with Crippen LogP contribution in [0.25, 0.3) is 0 Å². The van der Waals surface area contributed by atoms with E-state index in [4.69, 9.17) is 5.73 Å². The Kier molecular flexibility index (Phi) is 3.34. The molecule has 3 N–H and O–H groups in total. The summed E-state index contributed by atoms with van der Waals surface area (Å²) in [6.45, 7) is 2.92. The van der Waals surface area contributed by atoms with Crippen LogP contribution in [0.3, 0.4) is 0 Å². The second kappa shape index (κ2) is 4.73. The number of nitrogens with two attached hydrogens (primary N) is 1. The second-order valence-electron chi connectivity index (χ2n) is 4.49. The standard InChI is InChI=1S/C12H19N3/c13-9-12(4-5-12)10-15-7-3-11-2-1-6-14-8-11/h1-2,6,8,15H,3-5,7,9-10,13H2. The van der Waals surface area contributed by atoms with Crippen molar-refractivity contribution in [1.82, 2.24) is 10.3 Å². The van der Waals surface area contributed by atoms with E-state index >= 15 is 0 Å². The first kappa shape index (κ1) is 10.6. The number of hydrogen-bond acceptors (Lipinski definition) is 3. The zero-order chi connectivity index (χ0) is 10.6. The highest BCUT2D eigenvalue weighted by molar-refractivity contribution is 5.08. The van der Waals surface area contributed by atoms with E-state index in [0.29, 0.717) is 5.41 Å². The molecule has 1 heterocycles. The zero-order valence-electron chi connectivity index (χ0n) is 9.08. The molecule has 1 fully saturated rings. The molecule has 1 aliphatic rings. The van der Waals surface area contributed by atoms with Crippen LogP contribution in [0.5, 0.6) is 0 Å². The van der Waals surface area contributed by atoms with Gasteiger partial charge in [0, 0.05) is 18.9 Å². The maximum absolute atomic E-state index is 5.71. The molecule has 0 bridgehead atoms. The molecule has 82 valence electrons. The third-order valence-electron chi connectivity index (χ3n) is 3.20. The van der Waals surface area contributed by atoms with E-state index in [0.717, 1.165) is 26.1 Å². The molecule has 15 heavy (non-hydrogen) atoms. The highest BCUT2D eigenvalue weighted by Crippen LogP contribution is 2.43. The van der Waals surface area contributed by atoms with Gasteiger partial charge in [-0.3, -0.25) is 4.98 Å². The predicted octanol–water partition coefficient (Wildman–Crippen LogP) is 0.953. The Morgan fingerprint density at radius 3 is 2.93 bits per heavy atom. The van der Waals surface area contributed by atoms with Gasteiger partial charge in [-0.25, -0.2) is 0 Å². The molecular formula is C12H19N3. The monoisotopic (exact) mass is 205 g/mol. The van der Waals surface area contributed by atoms with Gasteiger partial charge in [0.25, 0.3) is 0 Å². The van der Waals surface area contributed by atoms with Crippen LogP contribution in [0, 0.1) is 5.41 Å². The average Bonchev–Trinajstić information content (AvgIpc) is 3.07. The zero-order valence-corrected chi connectivity index (χ0v) is 9.08. The summed E-state index contributed by atoms with van der Waals surface area (Å²) in [4.78, 5) is 4.09. The van der Waals surface area contributed by atoms with Crippen molar-refractivity contribution in [2.45, 2.75) is 19.3 Å². The maximum Gasteiger partial charge on any atom is 0.0300 e. The number of nitrogens with zero attached hydrogens (tertiary/aromatic N) is 1. The van der Waals surface area contributed by atoms with Crippen molar-refractivity contribution >= 4 is 0 Å². The van der Waals surface area contributed by atoms with Crippen LogP contribution in [-0.2, 0) is 6.42 Å². The Balaban J connectivity index is 1.63.